The van der Waals surface area contributed by atoms with E-state index in [1.165, 1.54) is 12.8 Å². The van der Waals surface area contributed by atoms with E-state index >= 15 is 0 Å². The van der Waals surface area contributed by atoms with Crippen molar-refractivity contribution in [3.63, 3.8) is 0 Å². The summed E-state index contributed by atoms with van der Waals surface area (Å²) in [7, 11) is 0. The number of nitrogens with zero attached hydrogens (tertiary/aromatic N) is 2. The first-order valence-electron chi connectivity index (χ1n) is 5.49. The minimum Gasteiger partial charge on any atom is -0.330 e. The van der Waals surface area contributed by atoms with Gasteiger partial charge in [-0.2, -0.15) is 5.10 Å². The number of aromatic nitrogens is 3. The van der Waals surface area contributed by atoms with E-state index in [4.69, 9.17) is 5.73 Å². The van der Waals surface area contributed by atoms with Crippen LogP contribution in [0.3, 0.4) is 0 Å². The van der Waals surface area contributed by atoms with Gasteiger partial charge >= 0.3 is 0 Å². The van der Waals surface area contributed by atoms with E-state index in [0.29, 0.717) is 0 Å². The molecule has 4 heteroatoms. The number of H-pyrrole nitrogens is 1. The first-order valence-corrected chi connectivity index (χ1v) is 5.49. The Morgan fingerprint density at radius 1 is 1.25 bits per heavy atom. The molecule has 2 rings (SSSR count). The van der Waals surface area contributed by atoms with Gasteiger partial charge in [-0.25, -0.2) is 4.98 Å². The fourth-order valence-electron chi connectivity index (χ4n) is 1.14. The number of hydrogen-bond acceptors (Lipinski definition) is 3. The summed E-state index contributed by atoms with van der Waals surface area (Å²) in [6, 6.07) is 9.85. The summed E-state index contributed by atoms with van der Waals surface area (Å²) >= 11 is 0. The van der Waals surface area contributed by atoms with Crippen molar-refractivity contribution in [2.45, 2.75) is 19.8 Å². The van der Waals surface area contributed by atoms with Gasteiger partial charge in [-0.15, -0.1) is 0 Å². The van der Waals surface area contributed by atoms with Crippen molar-refractivity contribution >= 4 is 0 Å². The quantitative estimate of drug-likeness (QED) is 0.830. The first-order chi connectivity index (χ1) is 7.88. The van der Waals surface area contributed by atoms with Crippen LogP contribution in [0.5, 0.6) is 0 Å². The summed E-state index contributed by atoms with van der Waals surface area (Å²) in [5, 5.41) is 6.62. The Balaban J connectivity index is 0.000000221. The monoisotopic (exact) mass is 218 g/mol. The van der Waals surface area contributed by atoms with E-state index < -0.39 is 0 Å². The Kier molecular flexibility index (Phi) is 5.88. The van der Waals surface area contributed by atoms with Crippen molar-refractivity contribution in [1.29, 1.82) is 0 Å². The summed E-state index contributed by atoms with van der Waals surface area (Å²) < 4.78 is 0. The molecule has 0 saturated carbocycles. The normalized spacial score (nSPS) is 9.38. The minimum atomic E-state index is 0.741. The lowest BCUT2D eigenvalue weighted by Crippen LogP contribution is -1.95. The van der Waals surface area contributed by atoms with E-state index in [1.807, 2.05) is 30.3 Å². The number of benzene rings is 1. The van der Waals surface area contributed by atoms with Gasteiger partial charge in [-0.05, 0) is 13.0 Å². The number of hydrogen-bond donors (Lipinski definition) is 2. The Morgan fingerprint density at radius 3 is 2.44 bits per heavy atom. The predicted molar refractivity (Wildman–Crippen MR) is 65.8 cm³/mol. The van der Waals surface area contributed by atoms with Crippen LogP contribution in [0, 0.1) is 0 Å². The number of nitrogens with two attached hydrogens (primary N) is 1. The molecule has 0 aliphatic heterocycles. The zero-order valence-corrected chi connectivity index (χ0v) is 9.56. The van der Waals surface area contributed by atoms with Crippen molar-refractivity contribution in [1.82, 2.24) is 15.2 Å². The van der Waals surface area contributed by atoms with Crippen LogP contribution in [0.4, 0.5) is 0 Å². The maximum atomic E-state index is 5.14. The van der Waals surface area contributed by atoms with Crippen LogP contribution < -0.4 is 5.73 Å². The van der Waals surface area contributed by atoms with Gasteiger partial charge in [0, 0.05) is 5.56 Å². The van der Waals surface area contributed by atoms with Gasteiger partial charge < -0.3 is 5.73 Å². The van der Waals surface area contributed by atoms with Gasteiger partial charge in [-0.3, -0.25) is 5.10 Å². The van der Waals surface area contributed by atoms with Crippen molar-refractivity contribution in [2.75, 3.05) is 6.54 Å². The van der Waals surface area contributed by atoms with Gasteiger partial charge in [0.05, 0.1) is 0 Å². The first kappa shape index (κ1) is 12.4. The highest BCUT2D eigenvalue weighted by atomic mass is 15.2. The molecule has 0 saturated heterocycles. The number of aromatic amines is 1. The van der Waals surface area contributed by atoms with Gasteiger partial charge in [0.2, 0.25) is 0 Å². The molecule has 0 radical (unpaired) electrons. The summed E-state index contributed by atoms with van der Waals surface area (Å²) in [6.07, 6.45) is 3.96. The van der Waals surface area contributed by atoms with Crippen molar-refractivity contribution in [3.8, 4) is 11.4 Å². The van der Waals surface area contributed by atoms with Crippen LogP contribution in [-0.4, -0.2) is 21.7 Å². The Morgan fingerprint density at radius 2 is 2.00 bits per heavy atom. The van der Waals surface area contributed by atoms with Crippen LogP contribution in [0.1, 0.15) is 19.8 Å². The van der Waals surface area contributed by atoms with Crippen molar-refractivity contribution < 1.29 is 0 Å². The van der Waals surface area contributed by atoms with Gasteiger partial charge in [-0.1, -0.05) is 43.7 Å². The van der Waals surface area contributed by atoms with Crippen LogP contribution >= 0.6 is 0 Å². The summed E-state index contributed by atoms with van der Waals surface area (Å²) in [5.74, 6) is 0.741. The molecule has 0 aliphatic rings. The zero-order valence-electron chi connectivity index (χ0n) is 9.56. The average Bonchev–Trinajstić information content (AvgIpc) is 2.86. The molecule has 0 atom stereocenters. The van der Waals surface area contributed by atoms with Crippen LogP contribution in [-0.2, 0) is 0 Å². The summed E-state index contributed by atoms with van der Waals surface area (Å²) in [4.78, 5) is 4.02. The van der Waals surface area contributed by atoms with Crippen LogP contribution in [0.25, 0.3) is 11.4 Å². The van der Waals surface area contributed by atoms with E-state index in [1.54, 1.807) is 6.33 Å². The maximum Gasteiger partial charge on any atom is 0.180 e. The fourth-order valence-corrected chi connectivity index (χ4v) is 1.14. The lowest BCUT2D eigenvalue weighted by Gasteiger charge is -1.90. The molecule has 3 N–H and O–H groups in total. The Labute approximate surface area is 95.9 Å². The standard InChI is InChI=1S/C8H7N3.C4H11N/c1-2-4-7(5-3-1)8-9-6-10-11-8;1-2-3-4-5/h1-6H,(H,9,10,11);2-5H2,1H3. The lowest BCUT2D eigenvalue weighted by molar-refractivity contribution is 0.807. The second-order valence-electron chi connectivity index (χ2n) is 3.33. The lowest BCUT2D eigenvalue weighted by atomic mass is 10.2. The molecule has 4 nitrogen and oxygen atoms in total. The van der Waals surface area contributed by atoms with E-state index in [0.717, 1.165) is 17.9 Å². The molecule has 86 valence electrons. The van der Waals surface area contributed by atoms with E-state index in [-0.39, 0.29) is 0 Å². The second-order valence-corrected chi connectivity index (χ2v) is 3.33. The van der Waals surface area contributed by atoms with Gasteiger partial charge in [0.25, 0.3) is 0 Å². The predicted octanol–water partition coefficient (Wildman–Crippen LogP) is 2.22. The molecule has 0 spiro atoms. The number of unbranched alkanes of at least 4 members (excludes halogenated alkanes) is 1. The topological polar surface area (TPSA) is 67.6 Å². The maximum absolute atomic E-state index is 5.14. The molecule has 0 unspecified atom stereocenters. The molecule has 0 fully saturated rings. The number of nitrogens with one attached hydrogen (secondary N) is 1. The molecule has 0 aliphatic carbocycles. The molecule has 1 aromatic carbocycles. The fraction of sp³-hybridized carbons (Fsp3) is 0.333. The largest absolute Gasteiger partial charge is 0.330 e. The highest BCUT2D eigenvalue weighted by molar-refractivity contribution is 5.53. The van der Waals surface area contributed by atoms with E-state index in [2.05, 4.69) is 22.1 Å². The third-order valence-electron chi connectivity index (χ3n) is 2.00. The van der Waals surface area contributed by atoms with Crippen molar-refractivity contribution in [3.05, 3.63) is 36.7 Å². The molecule has 1 aromatic heterocycles. The third-order valence-corrected chi connectivity index (χ3v) is 2.00. The minimum absolute atomic E-state index is 0.741. The molecule has 2 aromatic rings. The SMILES string of the molecule is CCCCN.c1ccc(-c2nc[nH]n2)cc1. The smallest absolute Gasteiger partial charge is 0.180 e. The summed E-state index contributed by atoms with van der Waals surface area (Å²) in [5.41, 5.74) is 6.17. The van der Waals surface area contributed by atoms with Crippen molar-refractivity contribution in [2.24, 2.45) is 5.73 Å². The Bertz CT molecular complexity index is 354. The molecule has 16 heavy (non-hydrogen) atoms. The third kappa shape index (κ3) is 4.23. The van der Waals surface area contributed by atoms with Crippen LogP contribution in [0.2, 0.25) is 0 Å². The highest BCUT2D eigenvalue weighted by Crippen LogP contribution is 2.10. The van der Waals surface area contributed by atoms with E-state index in [9.17, 15) is 0 Å². The molecular formula is C12H18N4. The molecular weight excluding hydrogens is 200 g/mol. The zero-order chi connectivity index (χ0) is 11.6. The molecule has 0 bridgehead atoms. The molecule has 0 amide bonds. The second kappa shape index (κ2) is 7.59. The molecule has 1 heterocycles. The Hall–Kier alpha value is -1.68. The summed E-state index contributed by atoms with van der Waals surface area (Å²) in [6.45, 7) is 2.98. The van der Waals surface area contributed by atoms with Gasteiger partial charge in [0.1, 0.15) is 6.33 Å². The highest BCUT2D eigenvalue weighted by Gasteiger charge is 1.97. The average molecular weight is 218 g/mol. The number of rotatable bonds is 3. The van der Waals surface area contributed by atoms with Gasteiger partial charge in [0.15, 0.2) is 5.82 Å². The van der Waals surface area contributed by atoms with Crippen LogP contribution in [0.15, 0.2) is 36.7 Å².